The van der Waals surface area contributed by atoms with Gasteiger partial charge in [0.2, 0.25) is 0 Å². The van der Waals surface area contributed by atoms with Crippen molar-refractivity contribution in [2.75, 3.05) is 0 Å². The Hall–Kier alpha value is -1.12. The summed E-state index contributed by atoms with van der Waals surface area (Å²) >= 11 is 3.43. The van der Waals surface area contributed by atoms with Gasteiger partial charge in [-0.05, 0) is 49.0 Å². The van der Waals surface area contributed by atoms with E-state index in [4.69, 9.17) is 0 Å². The summed E-state index contributed by atoms with van der Waals surface area (Å²) in [6.45, 7) is 0. The third-order valence-corrected chi connectivity index (χ3v) is 3.92. The molecule has 0 aliphatic heterocycles. The smallest absolute Gasteiger partial charge is 0.0975 e. The molecule has 0 saturated carbocycles. The molecule has 1 aliphatic rings. The predicted octanol–water partition coefficient (Wildman–Crippen LogP) is 5.49. The van der Waals surface area contributed by atoms with Crippen molar-refractivity contribution in [2.45, 2.75) is 38.2 Å². The Balaban J connectivity index is 2.04. The van der Waals surface area contributed by atoms with Gasteiger partial charge in [0.25, 0.3) is 0 Å². The van der Waals surface area contributed by atoms with Gasteiger partial charge >= 0.3 is 0 Å². The lowest BCUT2D eigenvalue weighted by Crippen LogP contribution is -1.92. The van der Waals surface area contributed by atoms with Crippen molar-refractivity contribution in [1.82, 2.24) is 0 Å². The van der Waals surface area contributed by atoms with E-state index in [9.17, 15) is 5.11 Å². The van der Waals surface area contributed by atoms with Gasteiger partial charge in [-0.2, -0.15) is 0 Å². The number of allylic oxidation sites excluding steroid dienone is 5. The van der Waals surface area contributed by atoms with Crippen molar-refractivity contribution < 1.29 is 5.11 Å². The van der Waals surface area contributed by atoms with Crippen LogP contribution in [0.5, 0.6) is 0 Å². The molecule has 0 spiro atoms. The second kappa shape index (κ2) is 8.23. The monoisotopic (exact) mass is 332 g/mol. The van der Waals surface area contributed by atoms with Crippen LogP contribution in [0.25, 0.3) is 0 Å². The molecule has 0 fully saturated rings. The van der Waals surface area contributed by atoms with E-state index in [1.54, 1.807) is 0 Å². The highest BCUT2D eigenvalue weighted by Crippen LogP contribution is 2.20. The van der Waals surface area contributed by atoms with E-state index in [2.05, 4.69) is 34.2 Å². The fraction of sp³-hybridized carbons (Fsp3) is 0.333. The number of aliphatic hydroxyl groups is 1. The summed E-state index contributed by atoms with van der Waals surface area (Å²) in [6, 6.07) is 7.79. The van der Waals surface area contributed by atoms with E-state index in [0.29, 0.717) is 0 Å². The van der Waals surface area contributed by atoms with E-state index >= 15 is 0 Å². The van der Waals surface area contributed by atoms with Crippen LogP contribution in [0.3, 0.4) is 0 Å². The molecular weight excluding hydrogens is 312 g/mol. The maximum Gasteiger partial charge on any atom is 0.0975 e. The third kappa shape index (κ3) is 5.10. The Kier molecular flexibility index (Phi) is 6.28. The molecule has 20 heavy (non-hydrogen) atoms. The largest absolute Gasteiger partial charge is 0.384 e. The maximum atomic E-state index is 10.2. The molecule has 106 valence electrons. The van der Waals surface area contributed by atoms with Crippen LogP contribution >= 0.6 is 15.9 Å². The zero-order valence-electron chi connectivity index (χ0n) is 11.6. The fourth-order valence-corrected chi connectivity index (χ4v) is 2.68. The summed E-state index contributed by atoms with van der Waals surface area (Å²) in [5.41, 5.74) is 2.10. The Morgan fingerprint density at radius 2 is 2.00 bits per heavy atom. The fourth-order valence-electron chi connectivity index (χ4n) is 2.27. The average Bonchev–Trinajstić information content (AvgIpc) is 2.58. The molecule has 1 aromatic carbocycles. The highest BCUT2D eigenvalue weighted by Gasteiger charge is 2.03. The van der Waals surface area contributed by atoms with Gasteiger partial charge in [-0.3, -0.25) is 0 Å². The van der Waals surface area contributed by atoms with Gasteiger partial charge in [-0.1, -0.05) is 64.9 Å². The number of rotatable bonds is 3. The lowest BCUT2D eigenvalue weighted by atomic mass is 10.1. The second-order valence-corrected chi connectivity index (χ2v) is 6.02. The van der Waals surface area contributed by atoms with Crippen LogP contribution in [0.1, 0.15) is 43.8 Å². The van der Waals surface area contributed by atoms with Crippen LogP contribution in [-0.4, -0.2) is 5.11 Å². The van der Waals surface area contributed by atoms with E-state index in [-0.39, 0.29) is 0 Å². The maximum absolute atomic E-state index is 10.2. The van der Waals surface area contributed by atoms with E-state index < -0.39 is 6.10 Å². The predicted molar refractivity (Wildman–Crippen MR) is 88.5 cm³/mol. The molecule has 0 bridgehead atoms. The highest BCUT2D eigenvalue weighted by molar-refractivity contribution is 9.10. The molecule has 0 radical (unpaired) electrons. The van der Waals surface area contributed by atoms with Gasteiger partial charge < -0.3 is 5.11 Å². The molecule has 1 atom stereocenters. The Bertz CT molecular complexity index is 514. The number of hydrogen-bond donors (Lipinski definition) is 1. The second-order valence-electron chi connectivity index (χ2n) is 5.10. The first-order valence-electron chi connectivity index (χ1n) is 7.24. The zero-order valence-corrected chi connectivity index (χ0v) is 13.2. The minimum atomic E-state index is -0.561. The molecule has 1 aliphatic carbocycles. The molecule has 0 amide bonds. The van der Waals surface area contributed by atoms with Crippen LogP contribution in [0.4, 0.5) is 0 Å². The van der Waals surface area contributed by atoms with Crippen molar-refractivity contribution >= 4 is 15.9 Å². The van der Waals surface area contributed by atoms with Crippen LogP contribution in [0.15, 0.2) is 64.7 Å². The van der Waals surface area contributed by atoms with Crippen LogP contribution in [0, 0.1) is 0 Å². The van der Waals surface area contributed by atoms with E-state index in [1.165, 1.54) is 24.8 Å². The first-order chi connectivity index (χ1) is 9.75. The number of hydrogen-bond acceptors (Lipinski definition) is 1. The summed E-state index contributed by atoms with van der Waals surface area (Å²) in [5, 5.41) is 10.2. The summed E-state index contributed by atoms with van der Waals surface area (Å²) in [5.74, 6) is 0. The molecule has 0 saturated heterocycles. The number of aliphatic hydroxyl groups excluding tert-OH is 1. The topological polar surface area (TPSA) is 20.2 Å². The lowest BCUT2D eigenvalue weighted by Gasteiger charge is -2.06. The summed E-state index contributed by atoms with van der Waals surface area (Å²) in [4.78, 5) is 0. The first kappa shape index (κ1) is 15.3. The zero-order chi connectivity index (χ0) is 14.2. The number of benzene rings is 1. The SMILES string of the molecule is OC(/C=C/C1=C/CCCCC/C=C\1)c1cccc(Br)c1. The summed E-state index contributed by atoms with van der Waals surface area (Å²) in [6.07, 6.45) is 16.1. The third-order valence-electron chi connectivity index (χ3n) is 3.43. The van der Waals surface area contributed by atoms with Crippen molar-refractivity contribution in [2.24, 2.45) is 0 Å². The standard InChI is InChI=1S/C18H21BrO/c19-17-11-7-10-16(14-17)18(20)13-12-15-8-5-3-1-2-4-6-9-15/h5,7-14,18,20H,1-4,6H2/b8-5-,13-12+,15-9+. The Morgan fingerprint density at radius 3 is 2.85 bits per heavy atom. The molecule has 2 heteroatoms. The lowest BCUT2D eigenvalue weighted by molar-refractivity contribution is 0.228. The molecule has 2 rings (SSSR count). The minimum Gasteiger partial charge on any atom is -0.384 e. The summed E-state index contributed by atoms with van der Waals surface area (Å²) in [7, 11) is 0. The van der Waals surface area contributed by atoms with Gasteiger partial charge in [0.15, 0.2) is 0 Å². The van der Waals surface area contributed by atoms with Crippen LogP contribution < -0.4 is 0 Å². The van der Waals surface area contributed by atoms with Crippen LogP contribution in [0.2, 0.25) is 0 Å². The Labute approximate surface area is 129 Å². The van der Waals surface area contributed by atoms with Gasteiger partial charge in [-0.25, -0.2) is 0 Å². The molecule has 1 nitrogen and oxygen atoms in total. The van der Waals surface area contributed by atoms with Gasteiger partial charge in [-0.15, -0.1) is 0 Å². The molecule has 0 aromatic heterocycles. The first-order valence-corrected chi connectivity index (χ1v) is 8.03. The van der Waals surface area contributed by atoms with Crippen molar-refractivity contribution in [3.05, 3.63) is 70.3 Å². The van der Waals surface area contributed by atoms with Gasteiger partial charge in [0.05, 0.1) is 6.10 Å². The van der Waals surface area contributed by atoms with E-state index in [1.807, 2.05) is 36.4 Å². The number of halogens is 1. The Morgan fingerprint density at radius 1 is 1.15 bits per heavy atom. The van der Waals surface area contributed by atoms with Gasteiger partial charge in [0.1, 0.15) is 0 Å². The highest BCUT2D eigenvalue weighted by atomic mass is 79.9. The summed E-state index contributed by atoms with van der Waals surface area (Å²) < 4.78 is 0.990. The normalized spacial score (nSPS) is 22.4. The molecular formula is C18H21BrO. The van der Waals surface area contributed by atoms with Crippen molar-refractivity contribution in [3.63, 3.8) is 0 Å². The average molecular weight is 333 g/mol. The van der Waals surface area contributed by atoms with Crippen molar-refractivity contribution in [3.8, 4) is 0 Å². The minimum absolute atomic E-state index is 0.561. The van der Waals surface area contributed by atoms with Crippen LogP contribution in [-0.2, 0) is 0 Å². The quantitative estimate of drug-likeness (QED) is 0.776. The van der Waals surface area contributed by atoms with E-state index in [0.717, 1.165) is 22.9 Å². The molecule has 1 aromatic rings. The van der Waals surface area contributed by atoms with Gasteiger partial charge in [0, 0.05) is 4.47 Å². The molecule has 0 heterocycles. The van der Waals surface area contributed by atoms with Crippen molar-refractivity contribution in [1.29, 1.82) is 0 Å². The molecule has 1 unspecified atom stereocenters. The molecule has 1 N–H and O–H groups in total.